The van der Waals surface area contributed by atoms with Gasteiger partial charge in [0, 0.05) is 0 Å². The molecule has 0 aromatic rings. The van der Waals surface area contributed by atoms with Crippen LogP contribution in [-0.4, -0.2) is 61.2 Å². The quantitative estimate of drug-likeness (QED) is 0.0474. The fourth-order valence-corrected chi connectivity index (χ4v) is 4.29. The van der Waals surface area contributed by atoms with E-state index < -0.39 is 46.4 Å². The minimum Gasteiger partial charge on any atom is -0.499 e. The van der Waals surface area contributed by atoms with Crippen molar-refractivity contribution in [1.29, 1.82) is 0 Å². The van der Waals surface area contributed by atoms with Gasteiger partial charge >= 0.3 is 11.9 Å². The maximum absolute atomic E-state index is 12.1. The van der Waals surface area contributed by atoms with Crippen LogP contribution in [0.2, 0.25) is 0 Å². The van der Waals surface area contributed by atoms with Crippen molar-refractivity contribution in [2.75, 3.05) is 19.8 Å². The number of carbonyl (C=O) groups excluding carboxylic acids is 2. The first-order valence-electron chi connectivity index (χ1n) is 14.1. The predicted molar refractivity (Wildman–Crippen MR) is 148 cm³/mol. The number of esters is 2. The highest BCUT2D eigenvalue weighted by Crippen LogP contribution is 2.12. The molecule has 0 saturated heterocycles. The molecule has 2 N–H and O–H groups in total. The number of carbonyl (C=O) groups is 2. The van der Waals surface area contributed by atoms with Gasteiger partial charge in [-0.2, -0.15) is 8.42 Å². The van der Waals surface area contributed by atoms with Gasteiger partial charge in [-0.25, -0.2) is 0 Å². The highest BCUT2D eigenvalue weighted by atomic mass is 32.2. The number of unbranched alkanes of at least 4 members (excludes halogenated alkanes) is 12. The molecule has 10 heteroatoms. The van der Waals surface area contributed by atoms with Gasteiger partial charge in [0.1, 0.15) is 19.3 Å². The number of aliphatic hydroxyl groups is 1. The summed E-state index contributed by atoms with van der Waals surface area (Å²) in [4.78, 5) is 24.0. The zero-order valence-corrected chi connectivity index (χ0v) is 24.2. The van der Waals surface area contributed by atoms with Crippen LogP contribution >= 0.6 is 0 Å². The van der Waals surface area contributed by atoms with Crippen LogP contribution in [0.15, 0.2) is 24.5 Å². The minimum absolute atomic E-state index is 0.00207. The van der Waals surface area contributed by atoms with Crippen LogP contribution in [0.4, 0.5) is 0 Å². The number of rotatable bonds is 25. The van der Waals surface area contributed by atoms with Crippen LogP contribution in [-0.2, 0) is 33.9 Å². The van der Waals surface area contributed by atoms with Crippen molar-refractivity contribution >= 4 is 22.1 Å². The first-order chi connectivity index (χ1) is 18.2. The molecule has 0 aromatic heterocycles. The third-order valence-corrected chi connectivity index (χ3v) is 6.91. The topological polar surface area (TPSA) is 136 Å². The van der Waals surface area contributed by atoms with E-state index in [-0.39, 0.29) is 13.2 Å². The van der Waals surface area contributed by atoms with Crippen LogP contribution in [0.1, 0.15) is 110 Å². The molecule has 0 aliphatic carbocycles. The molecule has 38 heavy (non-hydrogen) atoms. The first-order valence-corrected chi connectivity index (χ1v) is 15.6. The van der Waals surface area contributed by atoms with Crippen LogP contribution in [0, 0.1) is 0 Å². The highest BCUT2D eigenvalue weighted by molar-refractivity contribution is 7.87. The van der Waals surface area contributed by atoms with Gasteiger partial charge in [-0.1, -0.05) is 82.9 Å². The molecule has 9 nitrogen and oxygen atoms in total. The lowest BCUT2D eigenvalue weighted by Crippen LogP contribution is -2.35. The van der Waals surface area contributed by atoms with Crippen LogP contribution in [0.3, 0.4) is 0 Å². The second-order valence-corrected chi connectivity index (χ2v) is 11.1. The lowest BCUT2D eigenvalue weighted by Gasteiger charge is -2.14. The Morgan fingerprint density at radius 2 is 1.37 bits per heavy atom. The normalized spacial score (nSPS) is 13.6. The summed E-state index contributed by atoms with van der Waals surface area (Å²) in [6.07, 6.45) is 21.4. The Balaban J connectivity index is 3.94. The van der Waals surface area contributed by atoms with Crippen molar-refractivity contribution < 1.29 is 41.9 Å². The lowest BCUT2D eigenvalue weighted by molar-refractivity contribution is -0.152. The molecular formula is C28H50O9S. The molecule has 0 aromatic carbocycles. The average molecular weight is 563 g/mol. The van der Waals surface area contributed by atoms with Crippen LogP contribution in [0.5, 0.6) is 0 Å². The van der Waals surface area contributed by atoms with Gasteiger partial charge in [0.15, 0.2) is 5.25 Å². The van der Waals surface area contributed by atoms with E-state index in [0.29, 0.717) is 6.42 Å². The standard InChI is InChI=1S/C28H50O9S/c1-3-5-6-7-8-9-10-11-12-13-14-15-16-17-18-19-21-36-28(31)26(38(32,33)34)22-27(30)37-24-25(29)23-35-20-4-2/h4,11-12,20,25-26,29H,3,5-10,13-19,21-24H2,1-2H3,(H,32,33,34)/b12-11-,20-4?. The molecule has 0 radical (unpaired) electrons. The maximum atomic E-state index is 12.1. The summed E-state index contributed by atoms with van der Waals surface area (Å²) in [5, 5.41) is 7.58. The van der Waals surface area contributed by atoms with Gasteiger partial charge in [0.2, 0.25) is 0 Å². The molecule has 2 unspecified atom stereocenters. The molecule has 0 bridgehead atoms. The summed E-state index contributed by atoms with van der Waals surface area (Å²) in [5.74, 6) is -2.26. The number of allylic oxidation sites excluding steroid dienone is 3. The Bertz CT molecular complexity index is 762. The zero-order chi connectivity index (χ0) is 28.5. The Hall–Kier alpha value is -1.91. The molecule has 0 fully saturated rings. The predicted octanol–water partition coefficient (Wildman–Crippen LogP) is 5.67. The molecule has 0 amide bonds. The summed E-state index contributed by atoms with van der Waals surface area (Å²) in [6, 6.07) is 0. The first kappa shape index (κ1) is 36.1. The number of ether oxygens (including phenoxy) is 3. The SMILES string of the molecule is CC=COCC(O)COC(=O)CC(C(=O)OCCCCCCCC/C=C\CCCCCCCC)S(=O)(=O)O. The van der Waals surface area contributed by atoms with Crippen molar-refractivity contribution in [2.45, 2.75) is 122 Å². The molecular weight excluding hydrogens is 512 g/mol. The summed E-state index contributed by atoms with van der Waals surface area (Å²) in [7, 11) is -4.87. The second kappa shape index (κ2) is 24.2. The summed E-state index contributed by atoms with van der Waals surface area (Å²) >= 11 is 0. The summed E-state index contributed by atoms with van der Waals surface area (Å²) in [6.45, 7) is 3.38. The molecule has 0 aliphatic rings. The van der Waals surface area contributed by atoms with E-state index in [1.807, 2.05) is 0 Å². The zero-order valence-electron chi connectivity index (χ0n) is 23.4. The van der Waals surface area contributed by atoms with Gasteiger partial charge in [-0.05, 0) is 39.0 Å². The molecule has 0 spiro atoms. The van der Waals surface area contributed by atoms with Gasteiger partial charge in [0.25, 0.3) is 10.1 Å². The van der Waals surface area contributed by atoms with Crippen molar-refractivity contribution in [3.8, 4) is 0 Å². The maximum Gasteiger partial charge on any atom is 0.327 e. The van der Waals surface area contributed by atoms with Crippen molar-refractivity contribution in [3.63, 3.8) is 0 Å². The summed E-state index contributed by atoms with van der Waals surface area (Å²) in [5.41, 5.74) is 0. The van der Waals surface area contributed by atoms with Crippen LogP contribution < -0.4 is 0 Å². The van der Waals surface area contributed by atoms with Gasteiger partial charge in [-0.3, -0.25) is 14.1 Å². The Morgan fingerprint density at radius 3 is 1.92 bits per heavy atom. The van der Waals surface area contributed by atoms with E-state index in [1.165, 1.54) is 51.2 Å². The van der Waals surface area contributed by atoms with Crippen molar-refractivity contribution in [1.82, 2.24) is 0 Å². The highest BCUT2D eigenvalue weighted by Gasteiger charge is 2.35. The Labute approximate surface area is 229 Å². The third kappa shape index (κ3) is 22.1. The van der Waals surface area contributed by atoms with E-state index >= 15 is 0 Å². The number of aliphatic hydroxyl groups excluding tert-OH is 1. The Morgan fingerprint density at radius 1 is 0.816 bits per heavy atom. The lowest BCUT2D eigenvalue weighted by atomic mass is 10.1. The van der Waals surface area contributed by atoms with E-state index in [9.17, 15) is 27.7 Å². The van der Waals surface area contributed by atoms with Gasteiger partial charge in [0.05, 0.1) is 19.3 Å². The molecule has 0 rings (SSSR count). The molecule has 0 saturated carbocycles. The Kier molecular flexibility index (Phi) is 22.9. The molecule has 0 aliphatic heterocycles. The largest absolute Gasteiger partial charge is 0.499 e. The minimum atomic E-state index is -4.87. The van der Waals surface area contributed by atoms with Gasteiger partial charge in [-0.15, -0.1) is 0 Å². The number of hydrogen-bond acceptors (Lipinski definition) is 8. The molecule has 2 atom stereocenters. The fraction of sp³-hybridized carbons (Fsp3) is 0.786. The smallest absolute Gasteiger partial charge is 0.327 e. The third-order valence-electron chi connectivity index (χ3n) is 5.83. The number of hydrogen-bond donors (Lipinski definition) is 2. The van der Waals surface area contributed by atoms with E-state index in [0.717, 1.165) is 38.5 Å². The molecule has 0 heterocycles. The summed E-state index contributed by atoms with van der Waals surface area (Å²) < 4.78 is 47.2. The fourth-order valence-electron chi connectivity index (χ4n) is 3.64. The van der Waals surface area contributed by atoms with Crippen LogP contribution in [0.25, 0.3) is 0 Å². The van der Waals surface area contributed by atoms with E-state index in [4.69, 9.17) is 14.2 Å². The van der Waals surface area contributed by atoms with Crippen molar-refractivity contribution in [2.24, 2.45) is 0 Å². The van der Waals surface area contributed by atoms with Gasteiger partial charge < -0.3 is 19.3 Å². The van der Waals surface area contributed by atoms with Crippen molar-refractivity contribution in [3.05, 3.63) is 24.5 Å². The van der Waals surface area contributed by atoms with E-state index in [1.54, 1.807) is 13.0 Å². The van der Waals surface area contributed by atoms with E-state index in [2.05, 4.69) is 19.1 Å². The average Bonchev–Trinajstić information content (AvgIpc) is 2.87. The second-order valence-electron chi connectivity index (χ2n) is 9.45. The monoisotopic (exact) mass is 562 g/mol. The molecule has 222 valence electrons.